The second-order valence-corrected chi connectivity index (χ2v) is 7.34. The Balaban J connectivity index is 2.29. The summed E-state index contributed by atoms with van der Waals surface area (Å²) in [4.78, 5) is -0.548. The van der Waals surface area contributed by atoms with Crippen LogP contribution in [0.15, 0.2) is 47.4 Å². The molecule has 0 atom stereocenters. The number of hydrogen-bond acceptors (Lipinski definition) is 4. The van der Waals surface area contributed by atoms with Gasteiger partial charge in [-0.05, 0) is 36.6 Å². The molecule has 25 heavy (non-hydrogen) atoms. The summed E-state index contributed by atoms with van der Waals surface area (Å²) in [6, 6.07) is 11.6. The monoisotopic (exact) mass is 364 g/mol. The first-order chi connectivity index (χ1) is 11.9. The predicted molar refractivity (Wildman–Crippen MR) is 96.9 cm³/mol. The third kappa shape index (κ3) is 5.47. The zero-order valence-corrected chi connectivity index (χ0v) is 15.1. The normalized spacial score (nSPS) is 11.4. The van der Waals surface area contributed by atoms with Crippen LogP contribution >= 0.6 is 0 Å². The molecule has 0 radical (unpaired) electrons. The summed E-state index contributed by atoms with van der Waals surface area (Å²) in [6.07, 6.45) is 6.10. The second kappa shape index (κ2) is 8.87. The van der Waals surface area contributed by atoms with Crippen LogP contribution in [0.4, 0.5) is 0 Å². The average Bonchev–Trinajstić information content (AvgIpc) is 2.57. The lowest BCUT2D eigenvalue weighted by Gasteiger charge is -2.15. The number of aromatic hydroxyl groups is 1. The van der Waals surface area contributed by atoms with Crippen LogP contribution in [0, 0.1) is 0 Å². The molecule has 5 nitrogen and oxygen atoms in total. The van der Waals surface area contributed by atoms with E-state index in [0.717, 1.165) is 25.7 Å². The molecular formula is C19H24O5S. The van der Waals surface area contributed by atoms with Gasteiger partial charge in [-0.3, -0.25) is 4.55 Å². The first-order valence-electron chi connectivity index (χ1n) is 8.48. The highest BCUT2D eigenvalue weighted by atomic mass is 32.2. The van der Waals surface area contributed by atoms with Crippen molar-refractivity contribution >= 4 is 10.1 Å². The van der Waals surface area contributed by atoms with Crippen molar-refractivity contribution in [3.05, 3.63) is 48.0 Å². The first-order valence-corrected chi connectivity index (χ1v) is 9.92. The van der Waals surface area contributed by atoms with E-state index in [2.05, 4.69) is 6.92 Å². The standard InChI is InChI=1S/C19H24O5S/c1-2-3-4-5-7-10-15-13-14-17(25(21,22)23)18(20)19(15)24-16-11-8-6-9-12-16/h6,8-9,11-14,20H,2-5,7,10H2,1H3,(H,21,22,23). The van der Waals surface area contributed by atoms with Crippen LogP contribution in [-0.4, -0.2) is 18.1 Å². The molecule has 2 rings (SSSR count). The number of ether oxygens (including phenoxy) is 1. The molecule has 0 saturated carbocycles. The maximum Gasteiger partial charge on any atom is 0.298 e. The van der Waals surface area contributed by atoms with Crippen molar-refractivity contribution in [2.24, 2.45) is 0 Å². The number of benzene rings is 2. The Morgan fingerprint density at radius 1 is 0.960 bits per heavy atom. The van der Waals surface area contributed by atoms with Gasteiger partial charge in [-0.25, -0.2) is 0 Å². The maximum absolute atomic E-state index is 11.4. The maximum atomic E-state index is 11.4. The molecule has 2 aromatic carbocycles. The Morgan fingerprint density at radius 2 is 1.64 bits per heavy atom. The van der Waals surface area contributed by atoms with E-state index >= 15 is 0 Å². The summed E-state index contributed by atoms with van der Waals surface area (Å²) in [5, 5.41) is 10.3. The van der Waals surface area contributed by atoms with E-state index in [1.165, 1.54) is 12.5 Å². The number of unbranched alkanes of at least 4 members (excludes halogenated alkanes) is 4. The van der Waals surface area contributed by atoms with E-state index in [-0.39, 0.29) is 5.75 Å². The lowest BCUT2D eigenvalue weighted by Crippen LogP contribution is -2.02. The molecule has 0 saturated heterocycles. The highest BCUT2D eigenvalue weighted by Crippen LogP contribution is 2.39. The van der Waals surface area contributed by atoms with Gasteiger partial charge in [0.15, 0.2) is 11.5 Å². The van der Waals surface area contributed by atoms with E-state index < -0.39 is 20.8 Å². The smallest absolute Gasteiger partial charge is 0.298 e. The molecule has 0 aliphatic heterocycles. The van der Waals surface area contributed by atoms with Crippen molar-refractivity contribution < 1.29 is 22.8 Å². The van der Waals surface area contributed by atoms with Crippen LogP contribution in [0.5, 0.6) is 17.2 Å². The minimum atomic E-state index is -4.53. The van der Waals surface area contributed by atoms with Crippen molar-refractivity contribution in [2.75, 3.05) is 0 Å². The fraction of sp³-hybridized carbons (Fsp3) is 0.368. The van der Waals surface area contributed by atoms with Crippen molar-refractivity contribution in [2.45, 2.75) is 50.3 Å². The lowest BCUT2D eigenvalue weighted by atomic mass is 10.0. The van der Waals surface area contributed by atoms with E-state index in [0.29, 0.717) is 17.7 Å². The van der Waals surface area contributed by atoms with Gasteiger partial charge in [0.2, 0.25) is 0 Å². The Bertz CT molecular complexity index is 785. The lowest BCUT2D eigenvalue weighted by molar-refractivity contribution is 0.391. The number of aryl methyl sites for hydroxylation is 1. The number of phenols is 1. The molecule has 2 N–H and O–H groups in total. The summed E-state index contributed by atoms with van der Waals surface area (Å²) in [6.45, 7) is 2.15. The summed E-state index contributed by atoms with van der Waals surface area (Å²) in [5.74, 6) is 0.00625. The van der Waals surface area contributed by atoms with Crippen LogP contribution in [-0.2, 0) is 16.5 Å². The van der Waals surface area contributed by atoms with Gasteiger partial charge < -0.3 is 9.84 Å². The van der Waals surface area contributed by atoms with Crippen LogP contribution in [0.2, 0.25) is 0 Å². The Hall–Kier alpha value is -2.05. The van der Waals surface area contributed by atoms with Gasteiger partial charge >= 0.3 is 0 Å². The number of phenolic OH excluding ortho intramolecular Hbond substituents is 1. The molecule has 0 amide bonds. The third-order valence-corrected chi connectivity index (χ3v) is 4.85. The van der Waals surface area contributed by atoms with Gasteiger partial charge in [0.05, 0.1) is 0 Å². The molecule has 0 aliphatic carbocycles. The number of para-hydroxylation sites is 1. The molecule has 0 heterocycles. The predicted octanol–water partition coefficient (Wildman–Crippen LogP) is 4.94. The zero-order valence-electron chi connectivity index (χ0n) is 14.3. The second-order valence-electron chi connectivity index (χ2n) is 5.95. The van der Waals surface area contributed by atoms with E-state index in [9.17, 15) is 18.1 Å². The third-order valence-electron chi connectivity index (χ3n) is 3.97. The highest BCUT2D eigenvalue weighted by molar-refractivity contribution is 7.86. The fourth-order valence-electron chi connectivity index (χ4n) is 2.64. The van der Waals surface area contributed by atoms with Gasteiger partial charge in [-0.2, -0.15) is 8.42 Å². The Kier molecular flexibility index (Phi) is 6.84. The van der Waals surface area contributed by atoms with Crippen LogP contribution in [0.25, 0.3) is 0 Å². The summed E-state index contributed by atoms with van der Waals surface area (Å²) in [7, 11) is -4.53. The Morgan fingerprint density at radius 3 is 2.28 bits per heavy atom. The van der Waals surface area contributed by atoms with Crippen LogP contribution in [0.1, 0.15) is 44.6 Å². The highest BCUT2D eigenvalue weighted by Gasteiger charge is 2.22. The summed E-state index contributed by atoms with van der Waals surface area (Å²) in [5.41, 5.74) is 0.713. The van der Waals surface area contributed by atoms with Crippen molar-refractivity contribution in [3.8, 4) is 17.2 Å². The average molecular weight is 364 g/mol. The summed E-state index contributed by atoms with van der Waals surface area (Å²) >= 11 is 0. The molecule has 0 fully saturated rings. The molecule has 0 unspecified atom stereocenters. The molecule has 0 spiro atoms. The van der Waals surface area contributed by atoms with Crippen LogP contribution < -0.4 is 4.74 Å². The quantitative estimate of drug-likeness (QED) is 0.486. The molecule has 0 bridgehead atoms. The van der Waals surface area contributed by atoms with Crippen molar-refractivity contribution in [1.29, 1.82) is 0 Å². The van der Waals surface area contributed by atoms with Crippen LogP contribution in [0.3, 0.4) is 0 Å². The molecule has 2 aromatic rings. The van der Waals surface area contributed by atoms with Gasteiger partial charge in [0.1, 0.15) is 10.6 Å². The minimum absolute atomic E-state index is 0.0804. The summed E-state index contributed by atoms with van der Waals surface area (Å²) < 4.78 is 37.9. The SMILES string of the molecule is CCCCCCCc1ccc(S(=O)(=O)O)c(O)c1Oc1ccccc1. The van der Waals surface area contributed by atoms with Gasteiger partial charge in [0, 0.05) is 0 Å². The number of rotatable bonds is 9. The molecule has 0 aromatic heterocycles. The van der Waals surface area contributed by atoms with Crippen molar-refractivity contribution in [1.82, 2.24) is 0 Å². The molecule has 136 valence electrons. The van der Waals surface area contributed by atoms with E-state index in [4.69, 9.17) is 4.74 Å². The molecule has 0 aliphatic rings. The van der Waals surface area contributed by atoms with E-state index in [1.54, 1.807) is 30.3 Å². The van der Waals surface area contributed by atoms with E-state index in [1.807, 2.05) is 6.07 Å². The van der Waals surface area contributed by atoms with Crippen molar-refractivity contribution in [3.63, 3.8) is 0 Å². The molecular weight excluding hydrogens is 340 g/mol. The molecule has 6 heteroatoms. The first kappa shape index (κ1) is 19.3. The van der Waals surface area contributed by atoms with Gasteiger partial charge in [0.25, 0.3) is 10.1 Å². The topological polar surface area (TPSA) is 83.8 Å². The zero-order chi connectivity index (χ0) is 18.3. The van der Waals surface area contributed by atoms with Gasteiger partial charge in [-0.1, -0.05) is 56.9 Å². The number of hydrogen-bond donors (Lipinski definition) is 2. The minimum Gasteiger partial charge on any atom is -0.503 e. The Labute approximate surface area is 149 Å². The fourth-order valence-corrected chi connectivity index (χ4v) is 3.22. The van der Waals surface area contributed by atoms with Gasteiger partial charge in [-0.15, -0.1) is 0 Å². The largest absolute Gasteiger partial charge is 0.503 e.